The van der Waals surface area contributed by atoms with Gasteiger partial charge in [-0.15, -0.1) is 0 Å². The van der Waals surface area contributed by atoms with Crippen molar-refractivity contribution in [2.45, 2.75) is 104 Å². The van der Waals surface area contributed by atoms with Crippen molar-refractivity contribution in [3.63, 3.8) is 0 Å². The molecule has 3 aliphatic carbocycles. The topological polar surface area (TPSA) is 58.9 Å². The molecule has 0 aromatic carbocycles. The van der Waals surface area contributed by atoms with Crippen LogP contribution in [0.15, 0.2) is 0 Å². The molecular weight excluding hydrogens is 364 g/mol. The molecule has 1 unspecified atom stereocenters. The highest BCUT2D eigenvalue weighted by molar-refractivity contribution is 5.02. The van der Waals surface area contributed by atoms with Crippen molar-refractivity contribution in [2.75, 3.05) is 26.4 Å². The first-order valence-electron chi connectivity index (χ1n) is 12.3. The van der Waals surface area contributed by atoms with Crippen LogP contribution in [0.2, 0.25) is 0 Å². The van der Waals surface area contributed by atoms with Gasteiger partial charge in [-0.3, -0.25) is 0 Å². The van der Waals surface area contributed by atoms with Crippen molar-refractivity contribution >= 4 is 0 Å². The molecule has 0 aromatic heterocycles. The summed E-state index contributed by atoms with van der Waals surface area (Å²) in [6.07, 6.45) is 14.7. The molecule has 0 spiro atoms. The maximum atomic E-state index is 9.08. The molecule has 0 aromatic rings. The lowest BCUT2D eigenvalue weighted by molar-refractivity contribution is -0.101. The Labute approximate surface area is 178 Å². The summed E-state index contributed by atoms with van der Waals surface area (Å²) in [6, 6.07) is 0. The van der Waals surface area contributed by atoms with Gasteiger partial charge in [0.05, 0.1) is 38.6 Å². The predicted octanol–water partition coefficient (Wildman–Crippen LogP) is 4.95. The van der Waals surface area contributed by atoms with E-state index in [-0.39, 0.29) is 13.2 Å². The van der Waals surface area contributed by atoms with Crippen LogP contribution in [-0.2, 0) is 9.47 Å². The van der Waals surface area contributed by atoms with Crippen LogP contribution in [0.3, 0.4) is 0 Å². The van der Waals surface area contributed by atoms with E-state index in [1.54, 1.807) is 0 Å². The zero-order valence-corrected chi connectivity index (χ0v) is 19.2. The van der Waals surface area contributed by atoms with E-state index in [1.165, 1.54) is 44.9 Å². The van der Waals surface area contributed by atoms with Gasteiger partial charge in [0.25, 0.3) is 0 Å². The van der Waals surface area contributed by atoms with Crippen molar-refractivity contribution < 1.29 is 19.7 Å². The predicted molar refractivity (Wildman–Crippen MR) is 117 cm³/mol. The van der Waals surface area contributed by atoms with E-state index < -0.39 is 0 Å². The lowest BCUT2D eigenvalue weighted by Gasteiger charge is -2.58. The van der Waals surface area contributed by atoms with Crippen LogP contribution >= 0.6 is 0 Å². The molecule has 0 bridgehead atoms. The fourth-order valence-corrected chi connectivity index (χ4v) is 7.70. The lowest BCUT2D eigenvalue weighted by Crippen LogP contribution is -2.49. The summed E-state index contributed by atoms with van der Waals surface area (Å²) in [5.74, 6) is 2.45. The van der Waals surface area contributed by atoms with E-state index in [2.05, 4.69) is 20.8 Å². The van der Waals surface area contributed by atoms with Gasteiger partial charge in [0.1, 0.15) is 0 Å². The highest BCUT2D eigenvalue weighted by Gasteiger charge is 2.52. The molecule has 29 heavy (non-hydrogen) atoms. The minimum Gasteiger partial charge on any atom is -0.394 e. The summed E-state index contributed by atoms with van der Waals surface area (Å²) < 4.78 is 11.7. The first-order chi connectivity index (χ1) is 13.9. The molecule has 0 saturated heterocycles. The molecule has 0 radical (unpaired) electrons. The zero-order chi connectivity index (χ0) is 20.9. The number of aliphatic hydroxyl groups excluding tert-OH is 2. The van der Waals surface area contributed by atoms with E-state index in [1.807, 2.05) is 0 Å². The Hall–Kier alpha value is -0.160. The van der Waals surface area contributed by atoms with Crippen molar-refractivity contribution in [1.29, 1.82) is 0 Å². The van der Waals surface area contributed by atoms with Gasteiger partial charge in [-0.1, -0.05) is 20.8 Å². The Morgan fingerprint density at radius 3 is 1.55 bits per heavy atom. The average molecular weight is 411 g/mol. The van der Waals surface area contributed by atoms with Gasteiger partial charge in [-0.25, -0.2) is 0 Å². The third-order valence-corrected chi connectivity index (χ3v) is 8.30. The monoisotopic (exact) mass is 410 g/mol. The summed E-state index contributed by atoms with van der Waals surface area (Å²) >= 11 is 0. The summed E-state index contributed by atoms with van der Waals surface area (Å²) in [5.41, 5.74) is 0.914. The Bertz CT molecular complexity index is 447. The summed E-state index contributed by atoms with van der Waals surface area (Å²) in [5, 5.41) is 18.2. The molecule has 3 aliphatic rings. The number of rotatable bonds is 8. The average Bonchev–Trinajstić information content (AvgIpc) is 2.70. The van der Waals surface area contributed by atoms with Crippen LogP contribution < -0.4 is 0 Å². The van der Waals surface area contributed by atoms with E-state index in [9.17, 15) is 0 Å². The standard InChI is InChI=1S/C25H46O4/c1-19-16-24(2,3)18-25(17-19,20-4-8-22(9-5-20)28-14-12-26)21-6-10-23(11-7-21)29-15-13-27/h19-23,26-27H,4-18H2,1-3H3. The first-order valence-corrected chi connectivity index (χ1v) is 12.3. The van der Waals surface area contributed by atoms with Gasteiger partial charge >= 0.3 is 0 Å². The maximum Gasteiger partial charge on any atom is 0.0701 e. The Morgan fingerprint density at radius 2 is 1.17 bits per heavy atom. The van der Waals surface area contributed by atoms with Crippen molar-refractivity contribution in [3.05, 3.63) is 0 Å². The first kappa shape index (κ1) is 23.5. The van der Waals surface area contributed by atoms with Gasteiger partial charge in [-0.2, -0.15) is 0 Å². The van der Waals surface area contributed by atoms with Gasteiger partial charge in [0.2, 0.25) is 0 Å². The second-order valence-corrected chi connectivity index (χ2v) is 11.2. The fourth-order valence-electron chi connectivity index (χ4n) is 7.70. The number of ether oxygens (including phenoxy) is 2. The molecule has 3 fully saturated rings. The molecule has 0 amide bonds. The van der Waals surface area contributed by atoms with Crippen LogP contribution in [-0.4, -0.2) is 48.8 Å². The normalized spacial score (nSPS) is 40.7. The highest BCUT2D eigenvalue weighted by Crippen LogP contribution is 2.61. The van der Waals surface area contributed by atoms with Crippen molar-refractivity contribution in [2.24, 2.45) is 28.6 Å². The third-order valence-electron chi connectivity index (χ3n) is 8.30. The smallest absolute Gasteiger partial charge is 0.0701 e. The molecule has 4 nitrogen and oxygen atoms in total. The third kappa shape index (κ3) is 5.96. The van der Waals surface area contributed by atoms with Crippen LogP contribution in [0.25, 0.3) is 0 Å². The minimum absolute atomic E-state index is 0.136. The molecule has 3 saturated carbocycles. The molecular formula is C25H46O4. The number of hydrogen-bond acceptors (Lipinski definition) is 4. The lowest BCUT2D eigenvalue weighted by atomic mass is 9.48. The van der Waals surface area contributed by atoms with E-state index in [0.717, 1.165) is 43.4 Å². The molecule has 2 N–H and O–H groups in total. The summed E-state index contributed by atoms with van der Waals surface area (Å²) in [4.78, 5) is 0. The van der Waals surface area contributed by atoms with Gasteiger partial charge in [-0.05, 0) is 99.2 Å². The zero-order valence-electron chi connectivity index (χ0n) is 19.2. The molecule has 170 valence electrons. The quantitative estimate of drug-likeness (QED) is 0.594. The van der Waals surface area contributed by atoms with Gasteiger partial charge in [0.15, 0.2) is 0 Å². The van der Waals surface area contributed by atoms with E-state index in [0.29, 0.717) is 36.3 Å². The van der Waals surface area contributed by atoms with E-state index >= 15 is 0 Å². The largest absolute Gasteiger partial charge is 0.394 e. The van der Waals surface area contributed by atoms with Crippen molar-refractivity contribution in [3.8, 4) is 0 Å². The summed E-state index contributed by atoms with van der Waals surface area (Å²) in [6.45, 7) is 8.74. The number of aliphatic hydroxyl groups is 2. The molecule has 0 heterocycles. The SMILES string of the molecule is CC1CC(C)(C)CC(C2CCC(OCCO)CC2)(C2CCC(OCCO)CC2)C1. The highest BCUT2D eigenvalue weighted by atomic mass is 16.5. The Morgan fingerprint density at radius 1 is 0.724 bits per heavy atom. The second kappa shape index (κ2) is 10.4. The van der Waals surface area contributed by atoms with E-state index in [4.69, 9.17) is 19.7 Å². The van der Waals surface area contributed by atoms with Gasteiger partial charge < -0.3 is 19.7 Å². The van der Waals surface area contributed by atoms with Crippen LogP contribution in [0.1, 0.15) is 91.4 Å². The van der Waals surface area contributed by atoms with Crippen LogP contribution in [0.4, 0.5) is 0 Å². The minimum atomic E-state index is 0.136. The molecule has 3 rings (SSSR count). The van der Waals surface area contributed by atoms with Crippen LogP contribution in [0, 0.1) is 28.6 Å². The number of hydrogen-bond donors (Lipinski definition) is 2. The molecule has 1 atom stereocenters. The van der Waals surface area contributed by atoms with Crippen LogP contribution in [0.5, 0.6) is 0 Å². The molecule has 0 aliphatic heterocycles. The second-order valence-electron chi connectivity index (χ2n) is 11.2. The van der Waals surface area contributed by atoms with Gasteiger partial charge in [0, 0.05) is 0 Å². The maximum absolute atomic E-state index is 9.08. The van der Waals surface area contributed by atoms with Crippen molar-refractivity contribution in [1.82, 2.24) is 0 Å². The molecule has 4 heteroatoms. The fraction of sp³-hybridized carbons (Fsp3) is 1.00. The summed E-state index contributed by atoms with van der Waals surface area (Å²) in [7, 11) is 0. The Balaban J connectivity index is 1.70. The Kier molecular flexibility index (Phi) is 8.46.